The maximum Gasteiger partial charge on any atom is 0.255 e. The van der Waals surface area contributed by atoms with Gasteiger partial charge in [0.25, 0.3) is 5.91 Å². The fraction of sp³-hybridized carbons (Fsp3) is 0.400. The number of carbonyl (C=O) groups is 1. The van der Waals surface area contributed by atoms with Crippen molar-refractivity contribution in [2.75, 3.05) is 32.9 Å². The summed E-state index contributed by atoms with van der Waals surface area (Å²) in [5.74, 6) is 4.56. The van der Waals surface area contributed by atoms with Crippen molar-refractivity contribution in [3.63, 3.8) is 0 Å². The van der Waals surface area contributed by atoms with Gasteiger partial charge in [0.1, 0.15) is 5.82 Å². The summed E-state index contributed by atoms with van der Waals surface area (Å²) in [4.78, 5) is 14.1. The summed E-state index contributed by atoms with van der Waals surface area (Å²) in [7, 11) is 0. The second-order valence-corrected chi connectivity index (χ2v) is 4.61. The van der Waals surface area contributed by atoms with Gasteiger partial charge in [0.05, 0.1) is 38.0 Å². The molecule has 1 amide bonds. The lowest BCUT2D eigenvalue weighted by Gasteiger charge is -2.34. The first-order valence-electron chi connectivity index (χ1n) is 6.65. The number of morpholine rings is 1. The van der Waals surface area contributed by atoms with E-state index in [-0.39, 0.29) is 31.2 Å². The van der Waals surface area contributed by atoms with Gasteiger partial charge < -0.3 is 20.5 Å². The van der Waals surface area contributed by atoms with Crippen molar-refractivity contribution in [2.24, 2.45) is 5.73 Å². The molecule has 0 spiro atoms. The molecule has 1 atom stereocenters. The van der Waals surface area contributed by atoms with Gasteiger partial charge in [-0.1, -0.05) is 11.8 Å². The van der Waals surface area contributed by atoms with Crippen LogP contribution in [0.1, 0.15) is 15.9 Å². The number of halogens is 1. The molecule has 1 aromatic carbocycles. The molecule has 1 aromatic rings. The predicted octanol–water partition coefficient (Wildman–Crippen LogP) is -0.0308. The molecule has 0 bridgehead atoms. The van der Waals surface area contributed by atoms with E-state index in [1.54, 1.807) is 0 Å². The van der Waals surface area contributed by atoms with Gasteiger partial charge in [-0.05, 0) is 18.2 Å². The molecule has 0 saturated carbocycles. The Balaban J connectivity index is 2.35. The highest BCUT2D eigenvalue weighted by molar-refractivity contribution is 5.97. The molecule has 21 heavy (non-hydrogen) atoms. The van der Waals surface area contributed by atoms with Gasteiger partial charge >= 0.3 is 0 Å². The second kappa shape index (κ2) is 7.18. The Morgan fingerprint density at radius 1 is 1.57 bits per heavy atom. The number of amides is 1. The van der Waals surface area contributed by atoms with Crippen LogP contribution in [0.5, 0.6) is 0 Å². The third kappa shape index (κ3) is 3.58. The molecule has 1 saturated heterocycles. The Morgan fingerprint density at radius 3 is 3.10 bits per heavy atom. The number of hydrogen-bond acceptors (Lipinski definition) is 4. The predicted molar refractivity (Wildman–Crippen MR) is 75.1 cm³/mol. The number of nitrogens with zero attached hydrogens (tertiary/aromatic N) is 1. The molecule has 0 aromatic heterocycles. The number of aliphatic hydroxyl groups excluding tert-OH is 1. The van der Waals surface area contributed by atoms with Crippen molar-refractivity contribution >= 4 is 5.91 Å². The van der Waals surface area contributed by atoms with Gasteiger partial charge in [0.15, 0.2) is 0 Å². The Kier molecular flexibility index (Phi) is 5.28. The maximum absolute atomic E-state index is 13.5. The van der Waals surface area contributed by atoms with Gasteiger partial charge in [-0.15, -0.1) is 0 Å². The highest BCUT2D eigenvalue weighted by Crippen LogP contribution is 2.17. The van der Waals surface area contributed by atoms with Crippen molar-refractivity contribution in [3.05, 3.63) is 35.1 Å². The standard InChI is InChI=1S/C15H17FN2O3/c16-12-4-3-11(2-1-5-17)14(8-12)15(20)18-6-7-21-10-13(18)9-19/h3-4,8,13,19H,5-7,9-10,17H2. The van der Waals surface area contributed by atoms with Gasteiger partial charge in [0.2, 0.25) is 0 Å². The number of aliphatic hydroxyl groups is 1. The van der Waals surface area contributed by atoms with Crippen molar-refractivity contribution in [2.45, 2.75) is 6.04 Å². The lowest BCUT2D eigenvalue weighted by Crippen LogP contribution is -2.50. The van der Waals surface area contributed by atoms with Crippen LogP contribution in [-0.4, -0.2) is 54.9 Å². The summed E-state index contributed by atoms with van der Waals surface area (Å²) in [5, 5.41) is 9.33. The Bertz CT molecular complexity index is 580. The number of nitrogens with two attached hydrogens (primary N) is 1. The number of carbonyl (C=O) groups excluding carboxylic acids is 1. The van der Waals surface area contributed by atoms with Crippen molar-refractivity contribution < 1.29 is 19.0 Å². The largest absolute Gasteiger partial charge is 0.394 e. The van der Waals surface area contributed by atoms with Crippen LogP contribution in [0, 0.1) is 17.7 Å². The van der Waals surface area contributed by atoms with E-state index in [4.69, 9.17) is 10.5 Å². The first-order chi connectivity index (χ1) is 10.2. The molecule has 1 unspecified atom stereocenters. The molecule has 1 aliphatic heterocycles. The summed E-state index contributed by atoms with van der Waals surface area (Å²) in [6.07, 6.45) is 0. The summed E-state index contributed by atoms with van der Waals surface area (Å²) >= 11 is 0. The van der Waals surface area contributed by atoms with Crippen LogP contribution in [0.3, 0.4) is 0 Å². The van der Waals surface area contributed by atoms with Crippen LogP contribution in [-0.2, 0) is 4.74 Å². The fourth-order valence-electron chi connectivity index (χ4n) is 2.18. The Labute approximate surface area is 122 Å². The van der Waals surface area contributed by atoms with E-state index in [2.05, 4.69) is 11.8 Å². The van der Waals surface area contributed by atoms with Crippen LogP contribution < -0.4 is 5.73 Å². The number of benzene rings is 1. The summed E-state index contributed by atoms with van der Waals surface area (Å²) < 4.78 is 18.7. The average molecular weight is 292 g/mol. The van der Waals surface area contributed by atoms with Crippen molar-refractivity contribution in [1.29, 1.82) is 0 Å². The SMILES string of the molecule is NCC#Cc1ccc(F)cc1C(=O)N1CCOCC1CO. The van der Waals surface area contributed by atoms with E-state index in [1.165, 1.54) is 17.0 Å². The second-order valence-electron chi connectivity index (χ2n) is 4.61. The molecular weight excluding hydrogens is 275 g/mol. The first kappa shape index (κ1) is 15.4. The van der Waals surface area contributed by atoms with Crippen LogP contribution in [0.15, 0.2) is 18.2 Å². The highest BCUT2D eigenvalue weighted by atomic mass is 19.1. The summed E-state index contributed by atoms with van der Waals surface area (Å²) in [6, 6.07) is 3.44. The van der Waals surface area contributed by atoms with E-state index in [9.17, 15) is 14.3 Å². The molecule has 0 radical (unpaired) electrons. The zero-order valence-corrected chi connectivity index (χ0v) is 11.5. The Morgan fingerprint density at radius 2 is 2.38 bits per heavy atom. The molecule has 1 heterocycles. The lowest BCUT2D eigenvalue weighted by molar-refractivity contribution is -0.0184. The van der Waals surface area contributed by atoms with Crippen molar-refractivity contribution in [1.82, 2.24) is 4.90 Å². The van der Waals surface area contributed by atoms with Gasteiger partial charge in [-0.3, -0.25) is 4.79 Å². The molecule has 112 valence electrons. The van der Waals surface area contributed by atoms with E-state index < -0.39 is 11.9 Å². The lowest BCUT2D eigenvalue weighted by atomic mass is 10.0. The first-order valence-corrected chi connectivity index (χ1v) is 6.65. The fourth-order valence-corrected chi connectivity index (χ4v) is 2.18. The minimum absolute atomic E-state index is 0.155. The molecule has 2 rings (SSSR count). The maximum atomic E-state index is 13.5. The van der Waals surface area contributed by atoms with Crippen molar-refractivity contribution in [3.8, 4) is 11.8 Å². The Hall–Kier alpha value is -1.94. The van der Waals surface area contributed by atoms with Crippen LogP contribution in [0.25, 0.3) is 0 Å². The number of hydrogen-bond donors (Lipinski definition) is 2. The third-order valence-electron chi connectivity index (χ3n) is 3.24. The molecule has 1 fully saturated rings. The van der Waals surface area contributed by atoms with Gasteiger partial charge in [0, 0.05) is 12.1 Å². The third-order valence-corrected chi connectivity index (χ3v) is 3.24. The normalized spacial score (nSPS) is 18.0. The van der Waals surface area contributed by atoms with Gasteiger partial charge in [-0.25, -0.2) is 4.39 Å². The highest BCUT2D eigenvalue weighted by Gasteiger charge is 2.28. The summed E-state index contributed by atoms with van der Waals surface area (Å²) in [6.45, 7) is 0.958. The topological polar surface area (TPSA) is 75.8 Å². The quantitative estimate of drug-likeness (QED) is 0.751. The minimum Gasteiger partial charge on any atom is -0.394 e. The van der Waals surface area contributed by atoms with Gasteiger partial charge in [-0.2, -0.15) is 0 Å². The number of ether oxygens (including phenoxy) is 1. The average Bonchev–Trinajstić information content (AvgIpc) is 2.53. The molecule has 3 N–H and O–H groups in total. The van der Waals surface area contributed by atoms with E-state index in [0.717, 1.165) is 6.07 Å². The van der Waals surface area contributed by atoms with E-state index in [1.807, 2.05) is 0 Å². The summed E-state index contributed by atoms with van der Waals surface area (Å²) in [5.41, 5.74) is 5.93. The van der Waals surface area contributed by atoms with E-state index >= 15 is 0 Å². The van der Waals surface area contributed by atoms with Crippen LogP contribution in [0.4, 0.5) is 4.39 Å². The molecule has 5 nitrogen and oxygen atoms in total. The molecular formula is C15H17FN2O3. The monoisotopic (exact) mass is 292 g/mol. The van der Waals surface area contributed by atoms with Crippen LogP contribution >= 0.6 is 0 Å². The zero-order chi connectivity index (χ0) is 15.2. The van der Waals surface area contributed by atoms with E-state index in [0.29, 0.717) is 18.7 Å². The molecule has 0 aliphatic carbocycles. The molecule has 1 aliphatic rings. The minimum atomic E-state index is -0.509. The van der Waals surface area contributed by atoms with Crippen LogP contribution in [0.2, 0.25) is 0 Å². The zero-order valence-electron chi connectivity index (χ0n) is 11.5. The smallest absolute Gasteiger partial charge is 0.255 e. The molecule has 6 heteroatoms. The number of rotatable bonds is 2.